The fourth-order valence-corrected chi connectivity index (χ4v) is 3.14. The molecule has 0 radical (unpaired) electrons. The Morgan fingerprint density at radius 1 is 1.20 bits per heavy atom. The second-order valence-electron chi connectivity index (χ2n) is 6.49. The number of aryl methyl sites for hydroxylation is 1. The van der Waals surface area contributed by atoms with E-state index in [9.17, 15) is 9.59 Å². The third-order valence-corrected chi connectivity index (χ3v) is 4.73. The minimum absolute atomic E-state index is 0.0736. The monoisotopic (exact) mass is 336 g/mol. The Kier molecular flexibility index (Phi) is 5.17. The number of nitrogens with one attached hydrogen (secondary N) is 1. The van der Waals surface area contributed by atoms with Crippen LogP contribution in [-0.4, -0.2) is 18.4 Å². The van der Waals surface area contributed by atoms with Crippen molar-refractivity contribution in [3.63, 3.8) is 0 Å². The van der Waals surface area contributed by atoms with E-state index < -0.39 is 0 Å². The molecule has 1 fully saturated rings. The van der Waals surface area contributed by atoms with E-state index in [0.717, 1.165) is 30.6 Å². The van der Waals surface area contributed by atoms with Gasteiger partial charge in [-0.25, -0.2) is 0 Å². The van der Waals surface area contributed by atoms with Crippen LogP contribution in [0.1, 0.15) is 54.2 Å². The summed E-state index contributed by atoms with van der Waals surface area (Å²) in [5.41, 5.74) is 3.74. The van der Waals surface area contributed by atoms with Gasteiger partial charge in [0, 0.05) is 24.2 Å². The Bertz CT molecular complexity index is 768. The highest BCUT2D eigenvalue weighted by Crippen LogP contribution is 2.23. The summed E-state index contributed by atoms with van der Waals surface area (Å²) >= 11 is 0. The first-order valence-corrected chi connectivity index (χ1v) is 8.88. The van der Waals surface area contributed by atoms with Gasteiger partial charge in [-0.3, -0.25) is 9.59 Å². The highest BCUT2D eigenvalue weighted by Gasteiger charge is 2.22. The normalized spacial score (nSPS) is 15.3. The average Bonchev–Trinajstić information content (AvgIpc) is 3.07. The van der Waals surface area contributed by atoms with Crippen LogP contribution in [0.5, 0.6) is 0 Å². The van der Waals surface area contributed by atoms with Gasteiger partial charge in [0.1, 0.15) is 0 Å². The van der Waals surface area contributed by atoms with Crippen molar-refractivity contribution < 1.29 is 9.59 Å². The second kappa shape index (κ2) is 7.51. The maximum Gasteiger partial charge on any atom is 0.251 e. The van der Waals surface area contributed by atoms with Crippen LogP contribution >= 0.6 is 0 Å². The zero-order valence-corrected chi connectivity index (χ0v) is 14.8. The molecule has 25 heavy (non-hydrogen) atoms. The summed E-state index contributed by atoms with van der Waals surface area (Å²) in [7, 11) is 0. The molecule has 1 aliphatic heterocycles. The third-order valence-electron chi connectivity index (χ3n) is 4.73. The van der Waals surface area contributed by atoms with Crippen LogP contribution in [0.15, 0.2) is 48.5 Å². The number of carbonyl (C=O) groups is 2. The SMILES string of the molecule is CCc1ccc(C(C)NC(=O)c2cccc(N3CCCC3=O)c2)cc1. The number of anilines is 1. The standard InChI is InChI=1S/C21H24N2O2/c1-3-16-9-11-17(12-10-16)15(2)22-21(25)18-6-4-7-19(14-18)23-13-5-8-20(23)24/h4,6-7,9-12,14-15H,3,5,8,13H2,1-2H3,(H,22,25). The number of nitrogens with zero attached hydrogens (tertiary/aromatic N) is 1. The van der Waals surface area contributed by atoms with Crippen LogP contribution in [-0.2, 0) is 11.2 Å². The average molecular weight is 336 g/mol. The number of hydrogen-bond acceptors (Lipinski definition) is 2. The fraction of sp³-hybridized carbons (Fsp3) is 0.333. The van der Waals surface area contributed by atoms with Gasteiger partial charge in [-0.1, -0.05) is 37.3 Å². The second-order valence-corrected chi connectivity index (χ2v) is 6.49. The lowest BCUT2D eigenvalue weighted by Gasteiger charge is -2.18. The number of amides is 2. The Morgan fingerprint density at radius 2 is 1.96 bits per heavy atom. The van der Waals surface area contributed by atoms with E-state index >= 15 is 0 Å². The number of carbonyl (C=O) groups excluding carboxylic acids is 2. The highest BCUT2D eigenvalue weighted by atomic mass is 16.2. The fourth-order valence-electron chi connectivity index (χ4n) is 3.14. The molecular weight excluding hydrogens is 312 g/mol. The van der Waals surface area contributed by atoms with Gasteiger partial charge >= 0.3 is 0 Å². The van der Waals surface area contributed by atoms with Gasteiger partial charge in [-0.05, 0) is 49.1 Å². The van der Waals surface area contributed by atoms with E-state index in [1.807, 2.05) is 19.1 Å². The quantitative estimate of drug-likeness (QED) is 0.901. The maximum atomic E-state index is 12.6. The molecule has 1 atom stereocenters. The molecule has 3 rings (SSSR count). The molecule has 1 aliphatic rings. The Morgan fingerprint density at radius 3 is 2.60 bits per heavy atom. The van der Waals surface area contributed by atoms with Crippen molar-refractivity contribution >= 4 is 17.5 Å². The van der Waals surface area contributed by atoms with Gasteiger partial charge in [-0.2, -0.15) is 0 Å². The highest BCUT2D eigenvalue weighted by molar-refractivity contribution is 5.99. The van der Waals surface area contributed by atoms with Crippen LogP contribution in [0.2, 0.25) is 0 Å². The smallest absolute Gasteiger partial charge is 0.251 e. The van der Waals surface area contributed by atoms with E-state index in [-0.39, 0.29) is 17.9 Å². The molecule has 1 heterocycles. The first kappa shape index (κ1) is 17.2. The molecule has 4 heteroatoms. The number of rotatable bonds is 5. The van der Waals surface area contributed by atoms with Crippen LogP contribution < -0.4 is 10.2 Å². The van der Waals surface area contributed by atoms with E-state index in [1.54, 1.807) is 17.0 Å². The summed E-state index contributed by atoms with van der Waals surface area (Å²) in [6, 6.07) is 15.5. The molecule has 0 aromatic heterocycles. The zero-order chi connectivity index (χ0) is 17.8. The Labute approximate surface area is 148 Å². The van der Waals surface area contributed by atoms with Crippen LogP contribution in [0.25, 0.3) is 0 Å². The summed E-state index contributed by atoms with van der Waals surface area (Å²) < 4.78 is 0. The van der Waals surface area contributed by atoms with Crippen LogP contribution in [0.4, 0.5) is 5.69 Å². The maximum absolute atomic E-state index is 12.6. The van der Waals surface area contributed by atoms with Crippen molar-refractivity contribution in [2.24, 2.45) is 0 Å². The Balaban J connectivity index is 1.71. The van der Waals surface area contributed by atoms with Crippen LogP contribution in [0, 0.1) is 0 Å². The molecule has 2 aromatic rings. The molecule has 2 aromatic carbocycles. The third kappa shape index (κ3) is 3.90. The Hall–Kier alpha value is -2.62. The van der Waals surface area contributed by atoms with Crippen molar-refractivity contribution in [2.45, 2.75) is 39.2 Å². The lowest BCUT2D eigenvalue weighted by atomic mass is 10.0. The number of benzene rings is 2. The van der Waals surface area contributed by atoms with Gasteiger partial charge in [0.2, 0.25) is 5.91 Å². The van der Waals surface area contributed by atoms with Crippen molar-refractivity contribution in [3.8, 4) is 0 Å². The molecule has 0 aliphatic carbocycles. The summed E-state index contributed by atoms with van der Waals surface area (Å²) in [4.78, 5) is 26.2. The summed E-state index contributed by atoms with van der Waals surface area (Å²) in [5, 5.41) is 3.04. The van der Waals surface area contributed by atoms with E-state index in [1.165, 1.54) is 5.56 Å². The van der Waals surface area contributed by atoms with Crippen molar-refractivity contribution in [1.29, 1.82) is 0 Å². The molecule has 4 nitrogen and oxygen atoms in total. The lowest BCUT2D eigenvalue weighted by Crippen LogP contribution is -2.27. The van der Waals surface area contributed by atoms with Gasteiger partial charge in [-0.15, -0.1) is 0 Å². The van der Waals surface area contributed by atoms with E-state index in [2.05, 4.69) is 36.5 Å². The van der Waals surface area contributed by atoms with E-state index in [0.29, 0.717) is 12.0 Å². The zero-order valence-electron chi connectivity index (χ0n) is 14.8. The molecular formula is C21H24N2O2. The first-order chi connectivity index (χ1) is 12.1. The summed E-state index contributed by atoms with van der Waals surface area (Å²) in [5.74, 6) is 0.00232. The lowest BCUT2D eigenvalue weighted by molar-refractivity contribution is -0.117. The van der Waals surface area contributed by atoms with Crippen molar-refractivity contribution in [3.05, 3.63) is 65.2 Å². The molecule has 0 spiro atoms. The van der Waals surface area contributed by atoms with E-state index in [4.69, 9.17) is 0 Å². The van der Waals surface area contributed by atoms with Gasteiger partial charge in [0.15, 0.2) is 0 Å². The summed E-state index contributed by atoms with van der Waals surface area (Å²) in [6.45, 7) is 4.83. The van der Waals surface area contributed by atoms with Crippen molar-refractivity contribution in [2.75, 3.05) is 11.4 Å². The predicted molar refractivity (Wildman–Crippen MR) is 99.7 cm³/mol. The molecule has 1 N–H and O–H groups in total. The molecule has 130 valence electrons. The summed E-state index contributed by atoms with van der Waals surface area (Å²) in [6.07, 6.45) is 2.46. The largest absolute Gasteiger partial charge is 0.346 e. The first-order valence-electron chi connectivity index (χ1n) is 8.88. The van der Waals surface area contributed by atoms with Crippen molar-refractivity contribution in [1.82, 2.24) is 5.32 Å². The van der Waals surface area contributed by atoms with Gasteiger partial charge < -0.3 is 10.2 Å². The molecule has 1 unspecified atom stereocenters. The number of hydrogen-bond donors (Lipinski definition) is 1. The predicted octanol–water partition coefficient (Wildman–Crippen LogP) is 3.87. The molecule has 0 saturated carbocycles. The molecule has 2 amide bonds. The van der Waals surface area contributed by atoms with Crippen LogP contribution in [0.3, 0.4) is 0 Å². The van der Waals surface area contributed by atoms with Gasteiger partial charge in [0.25, 0.3) is 5.91 Å². The van der Waals surface area contributed by atoms with Gasteiger partial charge in [0.05, 0.1) is 6.04 Å². The molecule has 0 bridgehead atoms. The topological polar surface area (TPSA) is 49.4 Å². The minimum atomic E-state index is -0.124. The molecule has 1 saturated heterocycles. The minimum Gasteiger partial charge on any atom is -0.346 e.